The van der Waals surface area contributed by atoms with E-state index < -0.39 is 29.3 Å². The van der Waals surface area contributed by atoms with Crippen molar-refractivity contribution in [2.75, 3.05) is 11.9 Å². The second kappa shape index (κ2) is 4.80. The average Bonchev–Trinajstić information content (AvgIpc) is 2.27. The number of carbonyl (C=O) groups is 1. The molecule has 0 aliphatic rings. The fourth-order valence-electron chi connectivity index (χ4n) is 1.21. The van der Waals surface area contributed by atoms with Crippen LogP contribution in [0, 0.1) is 0 Å². The number of aromatic nitrogens is 1. The fraction of sp³-hybridized carbons (Fsp3) is 0.250. The summed E-state index contributed by atoms with van der Waals surface area (Å²) in [7, 11) is 0.894. The smallest absolute Gasteiger partial charge is 0.418 e. The van der Waals surface area contributed by atoms with Gasteiger partial charge in [0, 0.05) is 18.2 Å². The lowest BCUT2D eigenvalue weighted by atomic mass is 10.2. The number of amides is 1. The van der Waals surface area contributed by atoms with Crippen LogP contribution >= 0.6 is 0 Å². The van der Waals surface area contributed by atoms with Gasteiger partial charge in [-0.25, -0.2) is 4.79 Å². The van der Waals surface area contributed by atoms with E-state index in [1.54, 1.807) is 0 Å². The van der Waals surface area contributed by atoms with Crippen LogP contribution in [-0.2, 0) is 6.18 Å². The Bertz CT molecular complexity index is 524. The van der Waals surface area contributed by atoms with E-state index in [4.69, 9.17) is 10.6 Å². The largest absolute Gasteiger partial charge is 0.465 e. The average molecular weight is 261 g/mol. The van der Waals surface area contributed by atoms with E-state index in [1.807, 2.05) is 0 Å². The zero-order valence-corrected chi connectivity index (χ0v) is 8.88. The lowest BCUT2D eigenvalue weighted by molar-refractivity contribution is -0.137. The first-order chi connectivity index (χ1) is 8.29. The summed E-state index contributed by atoms with van der Waals surface area (Å²) in [4.78, 5) is 16.8. The molecular formula is C8H6F3N5O2. The van der Waals surface area contributed by atoms with Crippen molar-refractivity contribution in [3.63, 3.8) is 0 Å². The first kappa shape index (κ1) is 13.6. The number of alkyl halides is 3. The molecular weight excluding hydrogens is 255 g/mol. The lowest BCUT2D eigenvalue weighted by Gasteiger charge is -2.20. The Labute approximate surface area is 98.1 Å². The van der Waals surface area contributed by atoms with Crippen LogP contribution < -0.4 is 4.90 Å². The van der Waals surface area contributed by atoms with Crippen LogP contribution in [0.25, 0.3) is 10.4 Å². The van der Waals surface area contributed by atoms with Crippen molar-refractivity contribution in [1.29, 1.82) is 0 Å². The Balaban J connectivity index is 3.58. The number of carboxylic acid groups (broad SMARTS) is 1. The number of hydrogen-bond acceptors (Lipinski definition) is 3. The van der Waals surface area contributed by atoms with E-state index in [2.05, 4.69) is 15.0 Å². The Hall–Kier alpha value is -2.48. The maximum atomic E-state index is 12.7. The second-order valence-corrected chi connectivity index (χ2v) is 3.06. The third-order valence-electron chi connectivity index (χ3n) is 1.97. The molecule has 1 aromatic heterocycles. The van der Waals surface area contributed by atoms with Crippen molar-refractivity contribution in [3.8, 4) is 0 Å². The molecule has 1 aromatic rings. The SMILES string of the molecule is CN(C(=O)O)c1c(C(F)(F)F)ccnc1N=[N+]=[N-]. The van der Waals surface area contributed by atoms with Gasteiger partial charge in [-0.1, -0.05) is 0 Å². The van der Waals surface area contributed by atoms with E-state index in [9.17, 15) is 18.0 Å². The molecule has 7 nitrogen and oxygen atoms in total. The van der Waals surface area contributed by atoms with E-state index in [0.29, 0.717) is 11.0 Å². The summed E-state index contributed by atoms with van der Waals surface area (Å²) in [5.74, 6) is -0.655. The molecule has 1 heterocycles. The molecule has 10 heteroatoms. The molecule has 0 fully saturated rings. The Kier molecular flexibility index (Phi) is 3.62. The molecule has 0 aromatic carbocycles. The predicted molar refractivity (Wildman–Crippen MR) is 54.5 cm³/mol. The van der Waals surface area contributed by atoms with Gasteiger partial charge in [-0.3, -0.25) is 9.88 Å². The molecule has 1 N–H and O–H groups in total. The van der Waals surface area contributed by atoms with Gasteiger partial charge < -0.3 is 5.11 Å². The van der Waals surface area contributed by atoms with Crippen molar-refractivity contribution < 1.29 is 23.1 Å². The van der Waals surface area contributed by atoms with Crippen molar-refractivity contribution in [2.24, 2.45) is 5.11 Å². The maximum absolute atomic E-state index is 12.7. The summed E-state index contributed by atoms with van der Waals surface area (Å²) >= 11 is 0. The molecule has 0 aliphatic carbocycles. The number of azide groups is 1. The van der Waals surface area contributed by atoms with Crippen LogP contribution in [0.3, 0.4) is 0 Å². The molecule has 0 atom stereocenters. The number of halogens is 3. The van der Waals surface area contributed by atoms with Gasteiger partial charge in [0.2, 0.25) is 0 Å². The standard InChI is InChI=1S/C8H6F3N5O2/c1-16(7(17)18)5-4(8(9,10)11)2-3-13-6(5)14-15-12/h2-3H,1H3,(H,17,18). The highest BCUT2D eigenvalue weighted by Gasteiger charge is 2.36. The third-order valence-corrected chi connectivity index (χ3v) is 1.97. The van der Waals surface area contributed by atoms with Gasteiger partial charge in [0.1, 0.15) is 0 Å². The van der Waals surface area contributed by atoms with Crippen molar-refractivity contribution in [1.82, 2.24) is 4.98 Å². The number of pyridine rings is 1. The van der Waals surface area contributed by atoms with Gasteiger partial charge in [0.05, 0.1) is 11.3 Å². The highest BCUT2D eigenvalue weighted by molar-refractivity contribution is 5.90. The zero-order chi connectivity index (χ0) is 13.9. The maximum Gasteiger partial charge on any atom is 0.418 e. The lowest BCUT2D eigenvalue weighted by Crippen LogP contribution is -2.27. The van der Waals surface area contributed by atoms with E-state index >= 15 is 0 Å². The Morgan fingerprint density at radius 3 is 2.67 bits per heavy atom. The van der Waals surface area contributed by atoms with Crippen LogP contribution in [0.1, 0.15) is 5.56 Å². The minimum absolute atomic E-state index is 0.292. The van der Waals surface area contributed by atoms with Crippen molar-refractivity contribution in [2.45, 2.75) is 6.18 Å². The molecule has 0 saturated heterocycles. The first-order valence-corrected chi connectivity index (χ1v) is 4.37. The summed E-state index contributed by atoms with van der Waals surface area (Å²) in [6.45, 7) is 0. The van der Waals surface area contributed by atoms with E-state index in [0.717, 1.165) is 13.2 Å². The molecule has 1 amide bonds. The van der Waals surface area contributed by atoms with Crippen molar-refractivity contribution >= 4 is 17.6 Å². The minimum Gasteiger partial charge on any atom is -0.465 e. The number of rotatable bonds is 2. The quantitative estimate of drug-likeness (QED) is 0.502. The van der Waals surface area contributed by atoms with Crippen LogP contribution in [0.4, 0.5) is 29.5 Å². The topological polar surface area (TPSA) is 102 Å². The van der Waals surface area contributed by atoms with E-state index in [1.165, 1.54) is 0 Å². The van der Waals surface area contributed by atoms with Crippen LogP contribution in [0.15, 0.2) is 17.4 Å². The van der Waals surface area contributed by atoms with Gasteiger partial charge in [-0.05, 0) is 16.7 Å². The highest BCUT2D eigenvalue weighted by atomic mass is 19.4. The number of nitrogens with zero attached hydrogens (tertiary/aromatic N) is 5. The normalized spacial score (nSPS) is 10.7. The van der Waals surface area contributed by atoms with Gasteiger partial charge >= 0.3 is 12.3 Å². The zero-order valence-electron chi connectivity index (χ0n) is 8.88. The number of hydrogen-bond donors (Lipinski definition) is 1. The van der Waals surface area contributed by atoms with Crippen LogP contribution in [0.2, 0.25) is 0 Å². The van der Waals surface area contributed by atoms with Gasteiger partial charge in [0.15, 0.2) is 5.82 Å². The Morgan fingerprint density at radius 2 is 2.22 bits per heavy atom. The molecule has 0 bridgehead atoms. The molecule has 0 aliphatic heterocycles. The summed E-state index contributed by atoms with van der Waals surface area (Å²) in [6.07, 6.45) is -5.64. The minimum atomic E-state index is -4.79. The monoisotopic (exact) mass is 261 g/mol. The van der Waals surface area contributed by atoms with Gasteiger partial charge in [0.25, 0.3) is 0 Å². The summed E-state index contributed by atoms with van der Waals surface area (Å²) in [5.41, 5.74) is 6.17. The molecule has 0 spiro atoms. The molecule has 0 radical (unpaired) electrons. The Morgan fingerprint density at radius 1 is 1.61 bits per heavy atom. The van der Waals surface area contributed by atoms with Gasteiger partial charge in [-0.2, -0.15) is 13.2 Å². The number of anilines is 1. The summed E-state index contributed by atoms with van der Waals surface area (Å²) < 4.78 is 38.1. The van der Waals surface area contributed by atoms with Crippen LogP contribution in [-0.4, -0.2) is 23.2 Å². The third kappa shape index (κ3) is 2.61. The molecule has 18 heavy (non-hydrogen) atoms. The highest BCUT2D eigenvalue weighted by Crippen LogP contribution is 2.40. The predicted octanol–water partition coefficient (Wildman–Crippen LogP) is 3.16. The van der Waals surface area contributed by atoms with Crippen molar-refractivity contribution in [3.05, 3.63) is 28.3 Å². The molecule has 1 rings (SSSR count). The van der Waals surface area contributed by atoms with E-state index in [-0.39, 0.29) is 0 Å². The second-order valence-electron chi connectivity index (χ2n) is 3.06. The van der Waals surface area contributed by atoms with Gasteiger partial charge in [-0.15, -0.1) is 0 Å². The molecule has 96 valence electrons. The summed E-state index contributed by atoms with van der Waals surface area (Å²) in [5, 5.41) is 11.7. The summed E-state index contributed by atoms with van der Waals surface area (Å²) in [6, 6.07) is 0.602. The first-order valence-electron chi connectivity index (χ1n) is 4.37. The fourth-order valence-corrected chi connectivity index (χ4v) is 1.21. The molecule has 0 saturated carbocycles. The molecule has 0 unspecified atom stereocenters. The van der Waals surface area contributed by atoms with Crippen LogP contribution in [0.5, 0.6) is 0 Å².